The van der Waals surface area contributed by atoms with Gasteiger partial charge in [0.05, 0.1) is 22.4 Å². The third kappa shape index (κ3) is 3.19. The van der Waals surface area contributed by atoms with Gasteiger partial charge in [0, 0.05) is 12.2 Å². The summed E-state index contributed by atoms with van der Waals surface area (Å²) in [5, 5.41) is 5.55. The topological polar surface area (TPSA) is 66.9 Å². The molecular formula is C14H18N4O. The molecule has 0 saturated heterocycles. The lowest BCUT2D eigenvalue weighted by Gasteiger charge is -2.08. The first-order valence-corrected chi connectivity index (χ1v) is 6.40. The van der Waals surface area contributed by atoms with E-state index in [1.807, 2.05) is 39.0 Å². The molecule has 2 aromatic rings. The molecule has 2 rings (SSSR count). The van der Waals surface area contributed by atoms with Crippen LogP contribution in [0.3, 0.4) is 0 Å². The maximum Gasteiger partial charge on any atom is 0.319 e. The average Bonchev–Trinajstić information content (AvgIpc) is 2.38. The summed E-state index contributed by atoms with van der Waals surface area (Å²) in [6.45, 7) is 6.54. The quantitative estimate of drug-likeness (QED) is 0.889. The number of benzene rings is 1. The van der Waals surface area contributed by atoms with Crippen molar-refractivity contribution in [3.63, 3.8) is 0 Å². The zero-order chi connectivity index (χ0) is 13.8. The van der Waals surface area contributed by atoms with Gasteiger partial charge in [-0.25, -0.2) is 14.8 Å². The van der Waals surface area contributed by atoms with Crippen LogP contribution in [0.25, 0.3) is 11.0 Å². The smallest absolute Gasteiger partial charge is 0.319 e. The van der Waals surface area contributed by atoms with Crippen molar-refractivity contribution in [1.82, 2.24) is 15.3 Å². The van der Waals surface area contributed by atoms with Crippen molar-refractivity contribution < 1.29 is 4.79 Å². The number of aromatic nitrogens is 2. The van der Waals surface area contributed by atoms with Crippen molar-refractivity contribution in [1.29, 1.82) is 0 Å². The molecule has 0 saturated carbocycles. The second kappa shape index (κ2) is 5.65. The van der Waals surface area contributed by atoms with Gasteiger partial charge in [0.1, 0.15) is 0 Å². The highest BCUT2D eigenvalue weighted by Gasteiger charge is 2.05. The summed E-state index contributed by atoms with van der Waals surface area (Å²) in [7, 11) is 0. The molecule has 2 N–H and O–H groups in total. The zero-order valence-corrected chi connectivity index (χ0v) is 11.4. The molecule has 0 spiro atoms. The normalized spacial score (nSPS) is 10.5. The lowest BCUT2D eigenvalue weighted by molar-refractivity contribution is 0.252. The fourth-order valence-corrected chi connectivity index (χ4v) is 1.72. The van der Waals surface area contributed by atoms with Gasteiger partial charge in [-0.2, -0.15) is 0 Å². The number of rotatable bonds is 3. The number of hydrogen-bond acceptors (Lipinski definition) is 3. The first-order valence-electron chi connectivity index (χ1n) is 6.40. The molecule has 5 heteroatoms. The molecule has 5 nitrogen and oxygen atoms in total. The first kappa shape index (κ1) is 13.3. The van der Waals surface area contributed by atoms with E-state index in [0.717, 1.165) is 34.5 Å². The predicted octanol–water partition coefficient (Wildman–Crippen LogP) is 2.78. The van der Waals surface area contributed by atoms with E-state index >= 15 is 0 Å². The summed E-state index contributed by atoms with van der Waals surface area (Å²) in [6.07, 6.45) is 0.912. The standard InChI is InChI=1S/C14H18N4O/c1-4-7-15-14(19)18-11-5-6-12-13(8-11)17-10(3)9(2)16-12/h5-6,8H,4,7H2,1-3H3,(H2,15,18,19). The van der Waals surface area contributed by atoms with Crippen LogP contribution in [0.1, 0.15) is 24.7 Å². The summed E-state index contributed by atoms with van der Waals surface area (Å²) >= 11 is 0. The molecule has 100 valence electrons. The number of fused-ring (bicyclic) bond motifs is 1. The third-order valence-electron chi connectivity index (χ3n) is 2.87. The Kier molecular flexibility index (Phi) is 3.94. The molecule has 1 aromatic carbocycles. The Morgan fingerprint density at radius 2 is 1.84 bits per heavy atom. The molecular weight excluding hydrogens is 240 g/mol. The van der Waals surface area contributed by atoms with E-state index in [4.69, 9.17) is 0 Å². The van der Waals surface area contributed by atoms with Gasteiger partial charge in [-0.3, -0.25) is 0 Å². The van der Waals surface area contributed by atoms with Gasteiger partial charge < -0.3 is 10.6 Å². The molecule has 0 aliphatic carbocycles. The Labute approximate surface area is 112 Å². The number of carbonyl (C=O) groups excluding carboxylic acids is 1. The van der Waals surface area contributed by atoms with E-state index < -0.39 is 0 Å². The van der Waals surface area contributed by atoms with Gasteiger partial charge in [-0.15, -0.1) is 0 Å². The summed E-state index contributed by atoms with van der Waals surface area (Å²) in [5.41, 5.74) is 4.17. The molecule has 1 heterocycles. The highest BCUT2D eigenvalue weighted by molar-refractivity contribution is 5.91. The molecule has 2 amide bonds. The molecule has 0 radical (unpaired) electrons. The molecule has 19 heavy (non-hydrogen) atoms. The molecule has 0 unspecified atom stereocenters. The van der Waals surface area contributed by atoms with Crippen LogP contribution in [0, 0.1) is 13.8 Å². The van der Waals surface area contributed by atoms with Crippen LogP contribution in [0.5, 0.6) is 0 Å². The van der Waals surface area contributed by atoms with Gasteiger partial charge >= 0.3 is 6.03 Å². The minimum absolute atomic E-state index is 0.196. The van der Waals surface area contributed by atoms with Gasteiger partial charge in [0.15, 0.2) is 0 Å². The summed E-state index contributed by atoms with van der Waals surface area (Å²) < 4.78 is 0. The lowest BCUT2D eigenvalue weighted by Crippen LogP contribution is -2.29. The maximum absolute atomic E-state index is 11.6. The van der Waals surface area contributed by atoms with Crippen LogP contribution in [0.15, 0.2) is 18.2 Å². The fourth-order valence-electron chi connectivity index (χ4n) is 1.72. The van der Waals surface area contributed by atoms with Crippen LogP contribution in [0.4, 0.5) is 10.5 Å². The fraction of sp³-hybridized carbons (Fsp3) is 0.357. The van der Waals surface area contributed by atoms with Crippen molar-refractivity contribution in [3.8, 4) is 0 Å². The van der Waals surface area contributed by atoms with E-state index in [1.165, 1.54) is 0 Å². The highest BCUT2D eigenvalue weighted by atomic mass is 16.2. The lowest BCUT2D eigenvalue weighted by atomic mass is 10.2. The largest absolute Gasteiger partial charge is 0.338 e. The van der Waals surface area contributed by atoms with Crippen LogP contribution in [-0.4, -0.2) is 22.5 Å². The number of nitrogens with one attached hydrogen (secondary N) is 2. The molecule has 0 aliphatic rings. The summed E-state index contributed by atoms with van der Waals surface area (Å²) in [5.74, 6) is 0. The van der Waals surface area contributed by atoms with Crippen molar-refractivity contribution in [2.45, 2.75) is 27.2 Å². The van der Waals surface area contributed by atoms with Crippen LogP contribution < -0.4 is 10.6 Å². The number of amides is 2. The zero-order valence-electron chi connectivity index (χ0n) is 11.4. The molecule has 0 fully saturated rings. The SMILES string of the molecule is CCCNC(=O)Nc1ccc2nc(C)c(C)nc2c1. The van der Waals surface area contributed by atoms with Crippen molar-refractivity contribution >= 4 is 22.8 Å². The van der Waals surface area contributed by atoms with Crippen molar-refractivity contribution in [2.75, 3.05) is 11.9 Å². The number of anilines is 1. The molecule has 0 bridgehead atoms. The molecule has 0 aliphatic heterocycles. The highest BCUT2D eigenvalue weighted by Crippen LogP contribution is 2.17. The number of hydrogen-bond donors (Lipinski definition) is 2. The Morgan fingerprint density at radius 1 is 1.16 bits per heavy atom. The van der Waals surface area contributed by atoms with Crippen molar-refractivity contribution in [2.24, 2.45) is 0 Å². The third-order valence-corrected chi connectivity index (χ3v) is 2.87. The van der Waals surface area contributed by atoms with Gasteiger partial charge in [0.2, 0.25) is 0 Å². The van der Waals surface area contributed by atoms with E-state index in [2.05, 4.69) is 20.6 Å². The van der Waals surface area contributed by atoms with E-state index in [-0.39, 0.29) is 6.03 Å². The average molecular weight is 258 g/mol. The predicted molar refractivity (Wildman–Crippen MR) is 76.3 cm³/mol. The number of urea groups is 1. The number of aryl methyl sites for hydroxylation is 2. The maximum atomic E-state index is 11.6. The summed E-state index contributed by atoms with van der Waals surface area (Å²) in [4.78, 5) is 20.5. The van der Waals surface area contributed by atoms with E-state index in [0.29, 0.717) is 6.54 Å². The first-order chi connectivity index (χ1) is 9.10. The minimum atomic E-state index is -0.196. The Balaban J connectivity index is 2.21. The Morgan fingerprint density at radius 3 is 2.53 bits per heavy atom. The number of nitrogens with zero attached hydrogens (tertiary/aromatic N) is 2. The van der Waals surface area contributed by atoms with E-state index in [9.17, 15) is 4.79 Å². The Hall–Kier alpha value is -2.17. The second-order valence-corrected chi connectivity index (χ2v) is 4.48. The monoisotopic (exact) mass is 258 g/mol. The summed E-state index contributed by atoms with van der Waals surface area (Å²) in [6, 6.07) is 5.33. The number of carbonyl (C=O) groups is 1. The molecule has 1 aromatic heterocycles. The van der Waals surface area contributed by atoms with E-state index in [1.54, 1.807) is 0 Å². The minimum Gasteiger partial charge on any atom is -0.338 e. The van der Waals surface area contributed by atoms with Crippen LogP contribution >= 0.6 is 0 Å². The second-order valence-electron chi connectivity index (χ2n) is 4.48. The van der Waals surface area contributed by atoms with Crippen LogP contribution in [0.2, 0.25) is 0 Å². The van der Waals surface area contributed by atoms with Crippen LogP contribution in [-0.2, 0) is 0 Å². The van der Waals surface area contributed by atoms with Gasteiger partial charge in [-0.05, 0) is 38.5 Å². The van der Waals surface area contributed by atoms with Gasteiger partial charge in [0.25, 0.3) is 0 Å². The van der Waals surface area contributed by atoms with Gasteiger partial charge in [-0.1, -0.05) is 6.92 Å². The Bertz CT molecular complexity index is 610. The molecule has 0 atom stereocenters. The van der Waals surface area contributed by atoms with Crippen molar-refractivity contribution in [3.05, 3.63) is 29.6 Å².